The predicted molar refractivity (Wildman–Crippen MR) is 102 cm³/mol. The molecule has 26 heavy (non-hydrogen) atoms. The van der Waals surface area contributed by atoms with Gasteiger partial charge in [0, 0.05) is 33.1 Å². The van der Waals surface area contributed by atoms with Crippen molar-refractivity contribution in [2.45, 2.75) is 65.6 Å². The zero-order chi connectivity index (χ0) is 19.8. The second-order valence-electron chi connectivity index (χ2n) is 7.66. The first-order chi connectivity index (χ1) is 12.1. The van der Waals surface area contributed by atoms with Crippen molar-refractivity contribution in [3.8, 4) is 0 Å². The van der Waals surface area contributed by atoms with E-state index in [4.69, 9.17) is 4.74 Å². The van der Waals surface area contributed by atoms with Gasteiger partial charge in [0.15, 0.2) is 5.96 Å². The van der Waals surface area contributed by atoms with Gasteiger partial charge in [0.05, 0.1) is 5.54 Å². The Morgan fingerprint density at radius 1 is 1.27 bits per heavy atom. The van der Waals surface area contributed by atoms with E-state index in [2.05, 4.69) is 31.1 Å². The Labute approximate surface area is 156 Å². The second-order valence-corrected chi connectivity index (χ2v) is 7.66. The van der Waals surface area contributed by atoms with Gasteiger partial charge in [-0.1, -0.05) is 6.92 Å². The molecule has 0 saturated carbocycles. The SMILES string of the molecule is CCc1nncn1CCNC(=NC)NCC(C)(C)NC(=O)OC(C)(C)C. The zero-order valence-electron chi connectivity index (χ0n) is 17.0. The summed E-state index contributed by atoms with van der Waals surface area (Å²) in [6, 6.07) is 0. The third-order valence-corrected chi connectivity index (χ3v) is 3.42. The summed E-state index contributed by atoms with van der Waals surface area (Å²) >= 11 is 0. The van der Waals surface area contributed by atoms with E-state index < -0.39 is 17.2 Å². The van der Waals surface area contributed by atoms with Crippen LogP contribution in [0.4, 0.5) is 4.79 Å². The van der Waals surface area contributed by atoms with Crippen LogP contribution in [0.1, 0.15) is 47.4 Å². The maximum absolute atomic E-state index is 11.9. The summed E-state index contributed by atoms with van der Waals surface area (Å²) < 4.78 is 7.30. The quantitative estimate of drug-likeness (QED) is 0.496. The van der Waals surface area contributed by atoms with Crippen LogP contribution in [0.25, 0.3) is 0 Å². The van der Waals surface area contributed by atoms with Crippen LogP contribution in [0.2, 0.25) is 0 Å². The van der Waals surface area contributed by atoms with Gasteiger partial charge < -0.3 is 25.3 Å². The third-order valence-electron chi connectivity index (χ3n) is 3.42. The standard InChI is InChI=1S/C17H33N7O2/c1-8-13-23-21-12-24(13)10-9-19-14(18-7)20-11-17(5,6)22-15(25)26-16(2,3)4/h12H,8-11H2,1-7H3,(H,22,25)(H2,18,19,20). The van der Waals surface area contributed by atoms with Crippen molar-refractivity contribution in [3.05, 3.63) is 12.2 Å². The number of rotatable bonds is 7. The normalized spacial score (nSPS) is 12.7. The van der Waals surface area contributed by atoms with E-state index in [1.807, 2.05) is 46.1 Å². The van der Waals surface area contributed by atoms with Crippen LogP contribution in [0, 0.1) is 0 Å². The Morgan fingerprint density at radius 2 is 1.96 bits per heavy atom. The van der Waals surface area contributed by atoms with Crippen LogP contribution in [0.5, 0.6) is 0 Å². The maximum atomic E-state index is 11.9. The van der Waals surface area contributed by atoms with Gasteiger partial charge in [0.1, 0.15) is 17.8 Å². The minimum atomic E-state index is -0.523. The van der Waals surface area contributed by atoms with Crippen molar-refractivity contribution < 1.29 is 9.53 Å². The molecule has 0 saturated heterocycles. The number of hydrogen-bond donors (Lipinski definition) is 3. The lowest BCUT2D eigenvalue weighted by Crippen LogP contribution is -2.54. The molecule has 148 valence electrons. The molecule has 1 heterocycles. The third kappa shape index (κ3) is 8.17. The van der Waals surface area contributed by atoms with Gasteiger partial charge in [0.25, 0.3) is 0 Å². The number of nitrogens with zero attached hydrogens (tertiary/aromatic N) is 4. The Kier molecular flexibility index (Phi) is 7.85. The molecule has 1 rings (SSSR count). The van der Waals surface area contributed by atoms with Crippen molar-refractivity contribution in [2.75, 3.05) is 20.1 Å². The molecule has 9 heteroatoms. The number of aromatic nitrogens is 3. The molecule has 0 aliphatic carbocycles. The second kappa shape index (κ2) is 9.40. The zero-order valence-corrected chi connectivity index (χ0v) is 17.0. The lowest BCUT2D eigenvalue weighted by molar-refractivity contribution is 0.0474. The molecule has 0 bridgehead atoms. The molecule has 0 spiro atoms. The molecule has 0 atom stereocenters. The summed E-state index contributed by atoms with van der Waals surface area (Å²) in [5, 5.41) is 17.3. The van der Waals surface area contributed by atoms with Crippen molar-refractivity contribution in [1.29, 1.82) is 0 Å². The molecule has 0 aromatic carbocycles. The van der Waals surface area contributed by atoms with Gasteiger partial charge in [-0.3, -0.25) is 4.99 Å². The van der Waals surface area contributed by atoms with Crippen molar-refractivity contribution in [2.24, 2.45) is 4.99 Å². The fourth-order valence-corrected chi connectivity index (χ4v) is 2.18. The maximum Gasteiger partial charge on any atom is 0.408 e. The first kappa shape index (κ1) is 21.7. The summed E-state index contributed by atoms with van der Waals surface area (Å²) in [5.41, 5.74) is -1.02. The molecule has 0 radical (unpaired) electrons. The molecule has 0 fully saturated rings. The Hall–Kier alpha value is -2.32. The highest BCUT2D eigenvalue weighted by atomic mass is 16.6. The smallest absolute Gasteiger partial charge is 0.408 e. The van der Waals surface area contributed by atoms with Gasteiger partial charge >= 0.3 is 6.09 Å². The highest BCUT2D eigenvalue weighted by Crippen LogP contribution is 2.09. The summed E-state index contributed by atoms with van der Waals surface area (Å²) in [4.78, 5) is 16.1. The molecular formula is C17H33N7O2. The Morgan fingerprint density at radius 3 is 2.54 bits per heavy atom. The Bertz CT molecular complexity index is 602. The Balaban J connectivity index is 2.41. The van der Waals surface area contributed by atoms with E-state index in [-0.39, 0.29) is 0 Å². The minimum Gasteiger partial charge on any atom is -0.444 e. The lowest BCUT2D eigenvalue weighted by atomic mass is 10.1. The number of nitrogens with one attached hydrogen (secondary N) is 3. The number of alkyl carbamates (subject to hydrolysis) is 1. The van der Waals surface area contributed by atoms with Gasteiger partial charge in [0.2, 0.25) is 0 Å². The van der Waals surface area contributed by atoms with Crippen LogP contribution in [0.3, 0.4) is 0 Å². The number of amides is 1. The van der Waals surface area contributed by atoms with Crippen molar-refractivity contribution >= 4 is 12.1 Å². The van der Waals surface area contributed by atoms with Crippen LogP contribution in [-0.4, -0.2) is 58.1 Å². The average Bonchev–Trinajstić information content (AvgIpc) is 2.95. The minimum absolute atomic E-state index is 0.438. The molecule has 1 aromatic heterocycles. The van der Waals surface area contributed by atoms with Crippen molar-refractivity contribution in [3.63, 3.8) is 0 Å². The largest absolute Gasteiger partial charge is 0.444 e. The first-order valence-electron chi connectivity index (χ1n) is 8.88. The van der Waals surface area contributed by atoms with Crippen LogP contribution >= 0.6 is 0 Å². The molecular weight excluding hydrogens is 334 g/mol. The molecule has 1 amide bonds. The average molecular weight is 367 g/mol. The van der Waals surface area contributed by atoms with Gasteiger partial charge in [-0.05, 0) is 34.6 Å². The molecule has 0 aliphatic rings. The molecule has 9 nitrogen and oxygen atoms in total. The van der Waals surface area contributed by atoms with E-state index in [1.54, 1.807) is 13.4 Å². The summed E-state index contributed by atoms with van der Waals surface area (Å²) in [7, 11) is 1.71. The van der Waals surface area contributed by atoms with E-state index in [0.29, 0.717) is 19.0 Å². The topological polar surface area (TPSA) is 105 Å². The molecule has 0 unspecified atom stereocenters. The summed E-state index contributed by atoms with van der Waals surface area (Å²) in [6.07, 6.45) is 2.13. The van der Waals surface area contributed by atoms with Crippen LogP contribution in [0.15, 0.2) is 11.3 Å². The van der Waals surface area contributed by atoms with E-state index >= 15 is 0 Å². The van der Waals surface area contributed by atoms with E-state index in [1.165, 1.54) is 0 Å². The number of guanidine groups is 1. The molecule has 0 aliphatic heterocycles. The number of ether oxygens (including phenoxy) is 1. The van der Waals surface area contributed by atoms with Crippen molar-refractivity contribution in [1.82, 2.24) is 30.7 Å². The number of carbonyl (C=O) groups is 1. The fraction of sp³-hybridized carbons (Fsp3) is 0.765. The first-order valence-corrected chi connectivity index (χ1v) is 8.88. The fourth-order valence-electron chi connectivity index (χ4n) is 2.18. The summed E-state index contributed by atoms with van der Waals surface area (Å²) in [5.74, 6) is 1.62. The van der Waals surface area contributed by atoms with E-state index in [0.717, 1.165) is 18.8 Å². The predicted octanol–water partition coefficient (Wildman–Crippen LogP) is 1.31. The van der Waals surface area contributed by atoms with Crippen LogP contribution < -0.4 is 16.0 Å². The van der Waals surface area contributed by atoms with Gasteiger partial charge in [-0.25, -0.2) is 4.79 Å². The van der Waals surface area contributed by atoms with E-state index in [9.17, 15) is 4.79 Å². The number of carbonyl (C=O) groups excluding carboxylic acids is 1. The molecule has 3 N–H and O–H groups in total. The lowest BCUT2D eigenvalue weighted by Gasteiger charge is -2.29. The highest BCUT2D eigenvalue weighted by Gasteiger charge is 2.24. The monoisotopic (exact) mass is 367 g/mol. The van der Waals surface area contributed by atoms with Crippen LogP contribution in [-0.2, 0) is 17.7 Å². The highest BCUT2D eigenvalue weighted by molar-refractivity contribution is 5.79. The number of hydrogen-bond acceptors (Lipinski definition) is 5. The number of aryl methyl sites for hydroxylation is 1. The molecule has 1 aromatic rings. The van der Waals surface area contributed by atoms with Gasteiger partial charge in [-0.2, -0.15) is 0 Å². The summed E-state index contributed by atoms with van der Waals surface area (Å²) in [6.45, 7) is 13.3. The number of aliphatic imine (C=N–C) groups is 1. The van der Waals surface area contributed by atoms with Gasteiger partial charge in [-0.15, -0.1) is 10.2 Å².